The normalized spacial score (nSPS) is 12.0. The largest absolute Gasteiger partial charge is 0.463 e. The van der Waals surface area contributed by atoms with E-state index in [0.29, 0.717) is 10.9 Å². The number of ether oxygens (including phenoxy) is 1. The number of hydrogen-bond acceptors (Lipinski definition) is 6. The SMILES string of the molecule is CC(C)OC(=O)C[C@@H](NC(=O)c1n[nH]c2ccccc12)c1ccccc1[N+](=O)[O-]. The Labute approximate surface area is 166 Å². The number of benzene rings is 2. The summed E-state index contributed by atoms with van der Waals surface area (Å²) in [6, 6.07) is 12.1. The van der Waals surface area contributed by atoms with Gasteiger partial charge in [-0.05, 0) is 19.9 Å². The van der Waals surface area contributed by atoms with Crippen molar-refractivity contribution in [1.82, 2.24) is 15.5 Å². The van der Waals surface area contributed by atoms with Crippen molar-refractivity contribution in [3.63, 3.8) is 0 Å². The van der Waals surface area contributed by atoms with E-state index in [-0.39, 0.29) is 29.5 Å². The van der Waals surface area contributed by atoms with Crippen LogP contribution in [0, 0.1) is 10.1 Å². The van der Waals surface area contributed by atoms with Crippen molar-refractivity contribution in [2.45, 2.75) is 32.4 Å². The predicted molar refractivity (Wildman–Crippen MR) is 105 cm³/mol. The van der Waals surface area contributed by atoms with Gasteiger partial charge in [-0.15, -0.1) is 0 Å². The van der Waals surface area contributed by atoms with E-state index in [4.69, 9.17) is 4.74 Å². The number of carbonyl (C=O) groups excluding carboxylic acids is 2. The number of amides is 1. The summed E-state index contributed by atoms with van der Waals surface area (Å²) in [5.41, 5.74) is 0.842. The number of para-hydroxylation sites is 2. The van der Waals surface area contributed by atoms with Crippen molar-refractivity contribution in [2.24, 2.45) is 0 Å². The van der Waals surface area contributed by atoms with E-state index in [2.05, 4.69) is 15.5 Å². The average Bonchev–Trinajstić information content (AvgIpc) is 3.11. The van der Waals surface area contributed by atoms with Crippen LogP contribution >= 0.6 is 0 Å². The molecule has 1 aromatic heterocycles. The highest BCUT2D eigenvalue weighted by molar-refractivity contribution is 6.04. The minimum atomic E-state index is -0.953. The molecule has 0 unspecified atom stereocenters. The molecule has 1 heterocycles. The second kappa shape index (κ2) is 8.51. The van der Waals surface area contributed by atoms with Crippen LogP contribution in [0.2, 0.25) is 0 Å². The summed E-state index contributed by atoms with van der Waals surface area (Å²) >= 11 is 0. The highest BCUT2D eigenvalue weighted by Crippen LogP contribution is 2.28. The third kappa shape index (κ3) is 4.57. The molecule has 0 saturated carbocycles. The van der Waals surface area contributed by atoms with Gasteiger partial charge >= 0.3 is 5.97 Å². The van der Waals surface area contributed by atoms with Crippen LogP contribution in [0.25, 0.3) is 10.9 Å². The number of H-pyrrole nitrogens is 1. The summed E-state index contributed by atoms with van der Waals surface area (Å²) < 4.78 is 5.16. The number of nitrogens with zero attached hydrogens (tertiary/aromatic N) is 2. The summed E-state index contributed by atoms with van der Waals surface area (Å²) in [6.07, 6.45) is -0.600. The second-order valence-electron chi connectivity index (χ2n) is 6.70. The lowest BCUT2D eigenvalue weighted by Crippen LogP contribution is -2.32. The number of nitrogens with one attached hydrogen (secondary N) is 2. The monoisotopic (exact) mass is 396 g/mol. The van der Waals surface area contributed by atoms with Gasteiger partial charge in [0.2, 0.25) is 0 Å². The first-order chi connectivity index (χ1) is 13.9. The van der Waals surface area contributed by atoms with Crippen LogP contribution in [0.5, 0.6) is 0 Å². The zero-order valence-corrected chi connectivity index (χ0v) is 15.9. The molecule has 0 aliphatic heterocycles. The Morgan fingerprint density at radius 1 is 1.17 bits per heavy atom. The molecular weight excluding hydrogens is 376 g/mol. The number of carbonyl (C=O) groups is 2. The molecule has 0 spiro atoms. The van der Waals surface area contributed by atoms with Gasteiger partial charge in [0.1, 0.15) is 0 Å². The highest BCUT2D eigenvalue weighted by Gasteiger charge is 2.28. The van der Waals surface area contributed by atoms with Gasteiger partial charge in [-0.2, -0.15) is 5.10 Å². The van der Waals surface area contributed by atoms with Crippen LogP contribution < -0.4 is 5.32 Å². The molecule has 0 bridgehead atoms. The molecule has 0 fully saturated rings. The number of rotatable bonds is 7. The fourth-order valence-corrected chi connectivity index (χ4v) is 3.03. The molecule has 3 aromatic rings. The standard InChI is InChI=1S/C20H20N4O5/c1-12(2)29-18(25)11-16(13-7-4-6-10-17(13)24(27)28)21-20(26)19-14-8-3-5-9-15(14)22-23-19/h3-10,12,16H,11H2,1-2H3,(H,21,26)(H,22,23)/t16-/m1/s1. The molecular formula is C20H20N4O5. The Morgan fingerprint density at radius 3 is 2.59 bits per heavy atom. The summed E-state index contributed by atoms with van der Waals surface area (Å²) in [5, 5.41) is 21.6. The summed E-state index contributed by atoms with van der Waals surface area (Å²) in [6.45, 7) is 3.40. The third-order valence-corrected chi connectivity index (χ3v) is 4.24. The molecule has 3 rings (SSSR count). The maximum Gasteiger partial charge on any atom is 0.308 e. The Hall–Kier alpha value is -3.75. The van der Waals surface area contributed by atoms with E-state index in [0.717, 1.165) is 0 Å². The van der Waals surface area contributed by atoms with Gasteiger partial charge in [0.25, 0.3) is 11.6 Å². The van der Waals surface area contributed by atoms with Crippen LogP contribution in [0.1, 0.15) is 42.4 Å². The van der Waals surface area contributed by atoms with Crippen molar-refractivity contribution < 1.29 is 19.2 Å². The topological polar surface area (TPSA) is 127 Å². The maximum absolute atomic E-state index is 12.9. The maximum atomic E-state index is 12.9. The van der Waals surface area contributed by atoms with E-state index >= 15 is 0 Å². The molecule has 2 aromatic carbocycles. The quantitative estimate of drug-likeness (QED) is 0.358. The molecule has 1 amide bonds. The Bertz CT molecular complexity index is 1060. The lowest BCUT2D eigenvalue weighted by atomic mass is 10.0. The fourth-order valence-electron chi connectivity index (χ4n) is 3.03. The van der Waals surface area contributed by atoms with E-state index in [9.17, 15) is 19.7 Å². The lowest BCUT2D eigenvalue weighted by molar-refractivity contribution is -0.385. The number of esters is 1. The first-order valence-electron chi connectivity index (χ1n) is 9.03. The molecule has 9 heteroatoms. The summed E-state index contributed by atoms with van der Waals surface area (Å²) in [4.78, 5) is 36.0. The minimum Gasteiger partial charge on any atom is -0.463 e. The number of hydrogen-bond donors (Lipinski definition) is 2. The number of aromatic nitrogens is 2. The van der Waals surface area contributed by atoms with Gasteiger partial charge in [-0.3, -0.25) is 24.8 Å². The van der Waals surface area contributed by atoms with Gasteiger partial charge in [-0.1, -0.05) is 36.4 Å². The van der Waals surface area contributed by atoms with Crippen molar-refractivity contribution in [1.29, 1.82) is 0 Å². The van der Waals surface area contributed by atoms with Crippen molar-refractivity contribution in [3.8, 4) is 0 Å². The predicted octanol–water partition coefficient (Wildman–Crippen LogP) is 3.28. The lowest BCUT2D eigenvalue weighted by Gasteiger charge is -2.19. The summed E-state index contributed by atoms with van der Waals surface area (Å²) in [5.74, 6) is -1.13. The summed E-state index contributed by atoms with van der Waals surface area (Å²) in [7, 11) is 0. The number of fused-ring (bicyclic) bond motifs is 1. The van der Waals surface area contributed by atoms with Crippen LogP contribution in [-0.4, -0.2) is 33.1 Å². The number of aromatic amines is 1. The van der Waals surface area contributed by atoms with Crippen LogP contribution in [0.15, 0.2) is 48.5 Å². The van der Waals surface area contributed by atoms with Crippen LogP contribution in [-0.2, 0) is 9.53 Å². The molecule has 0 saturated heterocycles. The molecule has 0 aliphatic rings. The molecule has 29 heavy (non-hydrogen) atoms. The highest BCUT2D eigenvalue weighted by atomic mass is 16.6. The zero-order valence-electron chi connectivity index (χ0n) is 15.9. The Balaban J connectivity index is 1.94. The van der Waals surface area contributed by atoms with Gasteiger partial charge in [0.05, 0.1) is 34.6 Å². The molecule has 150 valence electrons. The molecule has 2 N–H and O–H groups in total. The fraction of sp³-hybridized carbons (Fsp3) is 0.250. The van der Waals surface area contributed by atoms with E-state index < -0.39 is 22.8 Å². The van der Waals surface area contributed by atoms with E-state index in [1.165, 1.54) is 18.2 Å². The van der Waals surface area contributed by atoms with Crippen molar-refractivity contribution in [2.75, 3.05) is 0 Å². The van der Waals surface area contributed by atoms with Crippen LogP contribution in [0.3, 0.4) is 0 Å². The van der Waals surface area contributed by atoms with Crippen LogP contribution in [0.4, 0.5) is 5.69 Å². The second-order valence-corrected chi connectivity index (χ2v) is 6.70. The smallest absolute Gasteiger partial charge is 0.308 e. The van der Waals surface area contributed by atoms with E-state index in [1.807, 2.05) is 0 Å². The minimum absolute atomic E-state index is 0.140. The van der Waals surface area contributed by atoms with E-state index in [1.54, 1.807) is 44.2 Å². The van der Waals surface area contributed by atoms with Crippen molar-refractivity contribution in [3.05, 3.63) is 69.9 Å². The van der Waals surface area contributed by atoms with Gasteiger partial charge < -0.3 is 10.1 Å². The first-order valence-corrected chi connectivity index (χ1v) is 9.03. The average molecular weight is 396 g/mol. The van der Waals surface area contributed by atoms with Gasteiger partial charge in [0.15, 0.2) is 5.69 Å². The molecule has 1 atom stereocenters. The Morgan fingerprint density at radius 2 is 1.86 bits per heavy atom. The Kier molecular flexibility index (Phi) is 5.87. The third-order valence-electron chi connectivity index (χ3n) is 4.24. The number of nitro benzene ring substituents is 1. The molecule has 9 nitrogen and oxygen atoms in total. The molecule has 0 aliphatic carbocycles. The zero-order chi connectivity index (χ0) is 21.0. The first kappa shape index (κ1) is 20.0. The van der Waals surface area contributed by atoms with Crippen molar-refractivity contribution >= 4 is 28.5 Å². The number of nitro groups is 1. The van der Waals surface area contributed by atoms with Gasteiger partial charge in [0, 0.05) is 11.5 Å². The molecule has 0 radical (unpaired) electrons. The van der Waals surface area contributed by atoms with Gasteiger partial charge in [-0.25, -0.2) is 0 Å².